The summed E-state index contributed by atoms with van der Waals surface area (Å²) in [5, 5.41) is 0. The molecular weight excluding hydrogens is 212 g/mol. The van der Waals surface area contributed by atoms with Crippen LogP contribution in [0, 0.1) is 5.92 Å². The molecule has 0 heterocycles. The topological polar surface area (TPSA) is 26.3 Å². The summed E-state index contributed by atoms with van der Waals surface area (Å²) < 4.78 is 5.33. The van der Waals surface area contributed by atoms with E-state index < -0.39 is 0 Å². The van der Waals surface area contributed by atoms with Crippen molar-refractivity contribution in [2.75, 3.05) is 0 Å². The molecule has 0 amide bonds. The van der Waals surface area contributed by atoms with Gasteiger partial charge in [-0.1, -0.05) is 54.6 Å². The highest BCUT2D eigenvalue weighted by atomic mass is 16.5. The van der Waals surface area contributed by atoms with E-state index >= 15 is 0 Å². The Labute approximate surface area is 99.9 Å². The summed E-state index contributed by atoms with van der Waals surface area (Å²) >= 11 is 0. The number of hydrogen-bond donors (Lipinski definition) is 0. The lowest BCUT2D eigenvalue weighted by Gasteiger charge is -2.10. The van der Waals surface area contributed by atoms with Gasteiger partial charge in [0.25, 0.3) is 0 Å². The molecule has 1 aromatic carbocycles. The van der Waals surface area contributed by atoms with Gasteiger partial charge in [0.2, 0.25) is 0 Å². The lowest BCUT2D eigenvalue weighted by molar-refractivity contribution is -0.146. The fourth-order valence-corrected chi connectivity index (χ4v) is 2.16. The SMILES string of the molecule is O=C(OCc1ccccc1)C1C2=CC=C1C=C2. The zero-order chi connectivity index (χ0) is 11.7. The van der Waals surface area contributed by atoms with E-state index in [4.69, 9.17) is 4.74 Å². The van der Waals surface area contributed by atoms with Gasteiger partial charge in [0.15, 0.2) is 0 Å². The molecule has 0 saturated heterocycles. The van der Waals surface area contributed by atoms with Crippen LogP contribution in [-0.4, -0.2) is 5.97 Å². The number of fused-ring (bicyclic) bond motifs is 2. The van der Waals surface area contributed by atoms with Crippen LogP contribution in [0.5, 0.6) is 0 Å². The van der Waals surface area contributed by atoms with Crippen LogP contribution >= 0.6 is 0 Å². The number of allylic oxidation sites excluding steroid dienone is 4. The lowest BCUT2D eigenvalue weighted by atomic mass is 10.0. The zero-order valence-electron chi connectivity index (χ0n) is 9.30. The highest BCUT2D eigenvalue weighted by Crippen LogP contribution is 2.35. The summed E-state index contributed by atoms with van der Waals surface area (Å²) in [7, 11) is 0. The Morgan fingerprint density at radius 1 is 1.06 bits per heavy atom. The first-order chi connectivity index (χ1) is 8.34. The minimum absolute atomic E-state index is 0.158. The van der Waals surface area contributed by atoms with Gasteiger partial charge in [-0.15, -0.1) is 0 Å². The standard InChI is InChI=1S/C15H12O2/c16-15(14-12-6-7-13(14)9-8-12)17-10-11-4-2-1-3-5-11/h1-9,14H,10H2. The Hall–Kier alpha value is -2.09. The number of rotatable bonds is 3. The van der Waals surface area contributed by atoms with E-state index in [1.807, 2.05) is 54.6 Å². The Kier molecular flexibility index (Phi) is 2.41. The largest absolute Gasteiger partial charge is 0.460 e. The predicted octanol–water partition coefficient (Wildman–Crippen LogP) is 2.78. The molecule has 0 fully saturated rings. The number of benzene rings is 1. The van der Waals surface area contributed by atoms with Crippen molar-refractivity contribution in [1.82, 2.24) is 0 Å². The maximum Gasteiger partial charge on any atom is 0.318 e. The van der Waals surface area contributed by atoms with Gasteiger partial charge in [0, 0.05) is 0 Å². The first-order valence-electron chi connectivity index (χ1n) is 5.65. The molecule has 0 atom stereocenters. The first kappa shape index (κ1) is 10.1. The molecule has 0 aliphatic heterocycles. The van der Waals surface area contributed by atoms with Gasteiger partial charge in [-0.05, 0) is 16.7 Å². The second-order valence-corrected chi connectivity index (χ2v) is 4.19. The second kappa shape index (κ2) is 4.06. The molecule has 17 heavy (non-hydrogen) atoms. The van der Waals surface area contributed by atoms with Crippen molar-refractivity contribution in [3.05, 3.63) is 71.3 Å². The normalized spacial score (nSPS) is 16.9. The summed E-state index contributed by atoms with van der Waals surface area (Å²) in [6.07, 6.45) is 7.90. The van der Waals surface area contributed by atoms with E-state index in [9.17, 15) is 4.79 Å². The molecule has 0 N–H and O–H groups in total. The number of carbonyl (C=O) groups is 1. The van der Waals surface area contributed by atoms with Crippen molar-refractivity contribution in [3.63, 3.8) is 0 Å². The van der Waals surface area contributed by atoms with Crippen LogP contribution in [0.3, 0.4) is 0 Å². The molecule has 0 saturated carbocycles. The van der Waals surface area contributed by atoms with E-state index in [-0.39, 0.29) is 11.9 Å². The average molecular weight is 224 g/mol. The second-order valence-electron chi connectivity index (χ2n) is 4.19. The molecule has 2 aliphatic rings. The van der Waals surface area contributed by atoms with Gasteiger partial charge < -0.3 is 4.74 Å². The fraction of sp³-hybridized carbons (Fsp3) is 0.133. The monoisotopic (exact) mass is 224 g/mol. The van der Waals surface area contributed by atoms with Gasteiger partial charge in [-0.2, -0.15) is 0 Å². The summed E-state index contributed by atoms with van der Waals surface area (Å²) in [6.45, 7) is 0.344. The van der Waals surface area contributed by atoms with E-state index in [0.717, 1.165) is 16.7 Å². The average Bonchev–Trinajstić information content (AvgIpc) is 2.97. The van der Waals surface area contributed by atoms with Gasteiger partial charge >= 0.3 is 5.97 Å². The summed E-state index contributed by atoms with van der Waals surface area (Å²) in [5.41, 5.74) is 3.10. The molecule has 2 aliphatic carbocycles. The molecule has 1 aromatic rings. The maximum atomic E-state index is 11.9. The van der Waals surface area contributed by atoms with E-state index in [1.165, 1.54) is 0 Å². The van der Waals surface area contributed by atoms with Crippen LogP contribution < -0.4 is 0 Å². The van der Waals surface area contributed by atoms with Crippen LogP contribution in [0.4, 0.5) is 0 Å². The minimum atomic E-state index is -0.182. The van der Waals surface area contributed by atoms with Gasteiger partial charge in [0.1, 0.15) is 12.5 Å². The van der Waals surface area contributed by atoms with Crippen molar-refractivity contribution >= 4 is 5.97 Å². The van der Waals surface area contributed by atoms with Crippen LogP contribution in [-0.2, 0) is 16.1 Å². The highest BCUT2D eigenvalue weighted by molar-refractivity contribution is 5.85. The van der Waals surface area contributed by atoms with Gasteiger partial charge in [-0.25, -0.2) is 0 Å². The van der Waals surface area contributed by atoms with Crippen molar-refractivity contribution < 1.29 is 9.53 Å². The number of ether oxygens (including phenoxy) is 1. The van der Waals surface area contributed by atoms with Crippen LogP contribution in [0.25, 0.3) is 0 Å². The molecular formula is C15H12O2. The van der Waals surface area contributed by atoms with Crippen molar-refractivity contribution in [2.24, 2.45) is 5.92 Å². The third kappa shape index (κ3) is 1.82. The van der Waals surface area contributed by atoms with Gasteiger partial charge in [-0.3, -0.25) is 4.79 Å². The fourth-order valence-electron chi connectivity index (χ4n) is 2.16. The third-order valence-corrected chi connectivity index (χ3v) is 3.06. The van der Waals surface area contributed by atoms with E-state index in [1.54, 1.807) is 0 Å². The lowest BCUT2D eigenvalue weighted by Crippen LogP contribution is -2.16. The number of esters is 1. The summed E-state index contributed by atoms with van der Waals surface area (Å²) in [6, 6.07) is 9.73. The van der Waals surface area contributed by atoms with Crippen molar-refractivity contribution in [1.29, 1.82) is 0 Å². The predicted molar refractivity (Wildman–Crippen MR) is 65.0 cm³/mol. The maximum absolute atomic E-state index is 11.9. The Balaban J connectivity index is 1.63. The van der Waals surface area contributed by atoms with E-state index in [0.29, 0.717) is 6.61 Å². The Bertz CT molecular complexity index is 513. The number of carbonyl (C=O) groups excluding carboxylic acids is 1. The Morgan fingerprint density at radius 3 is 2.29 bits per heavy atom. The van der Waals surface area contributed by atoms with Crippen LogP contribution in [0.2, 0.25) is 0 Å². The molecule has 2 heteroatoms. The van der Waals surface area contributed by atoms with Crippen molar-refractivity contribution in [3.8, 4) is 0 Å². The molecule has 0 aromatic heterocycles. The molecule has 0 spiro atoms. The molecule has 3 rings (SSSR count). The minimum Gasteiger partial charge on any atom is -0.460 e. The highest BCUT2D eigenvalue weighted by Gasteiger charge is 2.32. The molecule has 2 bridgehead atoms. The molecule has 84 valence electrons. The summed E-state index contributed by atoms with van der Waals surface area (Å²) in [4.78, 5) is 11.9. The molecule has 0 radical (unpaired) electrons. The third-order valence-electron chi connectivity index (χ3n) is 3.06. The number of hydrogen-bond acceptors (Lipinski definition) is 2. The van der Waals surface area contributed by atoms with Gasteiger partial charge in [0.05, 0.1) is 0 Å². The quantitative estimate of drug-likeness (QED) is 0.738. The van der Waals surface area contributed by atoms with Crippen LogP contribution in [0.1, 0.15) is 5.56 Å². The smallest absolute Gasteiger partial charge is 0.318 e. The molecule has 0 unspecified atom stereocenters. The first-order valence-corrected chi connectivity index (χ1v) is 5.65. The van der Waals surface area contributed by atoms with Crippen LogP contribution in [0.15, 0.2) is 65.8 Å². The Morgan fingerprint density at radius 2 is 1.71 bits per heavy atom. The van der Waals surface area contributed by atoms with E-state index in [2.05, 4.69) is 0 Å². The summed E-state index contributed by atoms with van der Waals surface area (Å²) in [5.74, 6) is -0.340. The van der Waals surface area contributed by atoms with Crippen molar-refractivity contribution in [2.45, 2.75) is 6.61 Å². The molecule has 2 nitrogen and oxygen atoms in total. The zero-order valence-corrected chi connectivity index (χ0v) is 9.30.